The minimum atomic E-state index is -3.64. The Hall–Kier alpha value is -0.143. The monoisotopic (exact) mass is 518 g/mol. The molecule has 1 aromatic rings. The fraction of sp³-hybridized carbons (Fsp3) is 0.800. The van der Waals surface area contributed by atoms with Crippen molar-refractivity contribution < 1.29 is 31.5 Å². The normalized spacial score (nSPS) is 32.4. The van der Waals surface area contributed by atoms with E-state index in [9.17, 15) is 8.42 Å². The van der Waals surface area contributed by atoms with E-state index in [1.54, 1.807) is 12.1 Å². The van der Waals surface area contributed by atoms with E-state index in [0.717, 1.165) is 54.1 Å². The van der Waals surface area contributed by atoms with Crippen LogP contribution in [0.5, 0.6) is 0 Å². The van der Waals surface area contributed by atoms with Crippen molar-refractivity contribution in [2.75, 3.05) is 6.61 Å². The van der Waals surface area contributed by atoms with Gasteiger partial charge < -0.3 is 0 Å². The van der Waals surface area contributed by atoms with Gasteiger partial charge in [0.15, 0.2) is 0 Å². The fourth-order valence-electron chi connectivity index (χ4n) is 10.2. The number of benzene rings is 1. The summed E-state index contributed by atoms with van der Waals surface area (Å²) < 4.78 is 30.5. The molecule has 3 nitrogen and oxygen atoms in total. The summed E-state index contributed by atoms with van der Waals surface area (Å²) in [6.07, 6.45) is 22.1. The van der Waals surface area contributed by atoms with Crippen LogP contribution in [0.25, 0.3) is 0 Å². The molecule has 0 spiro atoms. The van der Waals surface area contributed by atoms with Crippen LogP contribution < -0.4 is 18.9 Å². The third kappa shape index (κ3) is 6.45. The van der Waals surface area contributed by atoms with Crippen LogP contribution in [0.2, 0.25) is 35.8 Å². The zero-order chi connectivity index (χ0) is 25.2. The Kier molecular flexibility index (Phi) is 10.5. The van der Waals surface area contributed by atoms with E-state index >= 15 is 0 Å². The third-order valence-corrected chi connectivity index (χ3v) is 13.2. The van der Waals surface area contributed by atoms with Gasteiger partial charge in [0.1, 0.15) is 6.71 Å². The minimum Gasteiger partial charge on any atom is -0.266 e. The average Bonchev–Trinajstić information content (AvgIpc) is 2.83. The summed E-state index contributed by atoms with van der Waals surface area (Å²) in [6.45, 7) is 6.06. The Morgan fingerprint density at radius 3 is 1.89 bits per heavy atom. The molecule has 5 rings (SSSR count). The fourth-order valence-corrected chi connectivity index (χ4v) is 11.1. The van der Waals surface area contributed by atoms with E-state index in [0.29, 0.717) is 6.61 Å². The van der Waals surface area contributed by atoms with Gasteiger partial charge in [0.05, 0.1) is 11.5 Å². The topological polar surface area (TPSA) is 43.4 Å². The van der Waals surface area contributed by atoms with Crippen LogP contribution in [-0.2, 0) is 14.3 Å². The molecule has 200 valence electrons. The van der Waals surface area contributed by atoms with E-state index in [1.165, 1.54) is 89.9 Å². The summed E-state index contributed by atoms with van der Waals surface area (Å²) in [5, 5.41) is 0. The number of aryl methyl sites for hydroxylation is 1. The Morgan fingerprint density at radius 2 is 1.35 bits per heavy atom. The van der Waals surface area contributed by atoms with Crippen LogP contribution >= 0.6 is 0 Å². The number of hydrogen-bond donors (Lipinski definition) is 0. The van der Waals surface area contributed by atoms with Crippen LogP contribution in [0.4, 0.5) is 0 Å². The molecule has 1 aromatic carbocycles. The van der Waals surface area contributed by atoms with Crippen molar-refractivity contribution in [2.24, 2.45) is 0 Å². The van der Waals surface area contributed by atoms with E-state index in [4.69, 9.17) is 4.18 Å². The van der Waals surface area contributed by atoms with E-state index < -0.39 is 10.1 Å². The van der Waals surface area contributed by atoms with Crippen molar-refractivity contribution in [3.05, 3.63) is 29.8 Å². The standard InChI is InChI=1S/C30H49B2O3S.Li/c1-24-19-21-29(22-20-24)36(33,34)35-23-5-3-4-18-30(31-25-10-6-11-26(31)13-7-12-25)32(2)27-14-8-15-28(32)17-9-16-27;/h19-22,25-28,30H,3-18,23H2,1-2H3;/q-1;+1. The molecule has 37 heavy (non-hydrogen) atoms. The zero-order valence-corrected chi connectivity index (χ0v) is 24.8. The molecule has 4 fully saturated rings. The molecule has 0 saturated carbocycles. The van der Waals surface area contributed by atoms with Gasteiger partial charge in [-0.05, 0) is 25.5 Å². The van der Waals surface area contributed by atoms with Crippen molar-refractivity contribution in [2.45, 2.75) is 150 Å². The first kappa shape index (κ1) is 29.8. The van der Waals surface area contributed by atoms with Crippen molar-refractivity contribution in [1.29, 1.82) is 0 Å². The SMILES string of the molecule is Cc1ccc(S(=O)(=O)OCCCCCC(B2C3CCCC2CCC3)[B-]2(C)C3CCCC2CCC3)cc1.[Li+]. The second-order valence-corrected chi connectivity index (χ2v) is 15.1. The van der Waals surface area contributed by atoms with Gasteiger partial charge in [-0.3, -0.25) is 4.18 Å². The molecule has 4 aliphatic heterocycles. The van der Waals surface area contributed by atoms with Gasteiger partial charge in [0.2, 0.25) is 0 Å². The maximum atomic E-state index is 12.5. The molecule has 7 heteroatoms. The maximum Gasteiger partial charge on any atom is 1.00 e. The number of fused-ring (bicyclic) bond motifs is 4. The largest absolute Gasteiger partial charge is 1.00 e. The van der Waals surface area contributed by atoms with E-state index in [2.05, 4.69) is 6.82 Å². The first-order valence-corrected chi connectivity index (χ1v) is 17.0. The average molecular weight is 518 g/mol. The smallest absolute Gasteiger partial charge is 0.266 e. The van der Waals surface area contributed by atoms with Gasteiger partial charge in [0, 0.05) is 6.15 Å². The zero-order valence-electron chi connectivity index (χ0n) is 24.0. The molecule has 0 N–H and O–H groups in total. The van der Waals surface area contributed by atoms with Crippen LogP contribution in [-0.4, -0.2) is 27.9 Å². The Bertz CT molecular complexity index is 926. The second-order valence-electron chi connectivity index (χ2n) is 13.5. The molecule has 4 bridgehead atoms. The summed E-state index contributed by atoms with van der Waals surface area (Å²) in [7, 11) is -3.64. The summed E-state index contributed by atoms with van der Waals surface area (Å²) in [5.74, 6) is 4.00. The van der Waals surface area contributed by atoms with Gasteiger partial charge in [-0.15, -0.1) is 0 Å². The van der Waals surface area contributed by atoms with Gasteiger partial charge in [-0.2, -0.15) is 32.6 Å². The Morgan fingerprint density at radius 1 is 0.838 bits per heavy atom. The van der Waals surface area contributed by atoms with Crippen LogP contribution in [0.3, 0.4) is 0 Å². The van der Waals surface area contributed by atoms with Crippen molar-refractivity contribution >= 4 is 23.0 Å². The Balaban J connectivity index is 0.00000320. The second kappa shape index (κ2) is 13.0. The number of rotatable bonds is 10. The molecule has 4 aliphatic rings. The first-order valence-electron chi connectivity index (χ1n) is 15.6. The molecule has 0 radical (unpaired) electrons. The van der Waals surface area contributed by atoms with Crippen LogP contribution in [0, 0.1) is 6.92 Å². The quantitative estimate of drug-likeness (QED) is 0.218. The van der Waals surface area contributed by atoms with Gasteiger partial charge in [0.25, 0.3) is 10.1 Å². The summed E-state index contributed by atoms with van der Waals surface area (Å²) in [4.78, 5) is 0.275. The van der Waals surface area contributed by atoms with Crippen molar-refractivity contribution in [1.82, 2.24) is 0 Å². The predicted molar refractivity (Wildman–Crippen MR) is 154 cm³/mol. The first-order chi connectivity index (χ1) is 17.4. The molecule has 0 amide bonds. The molecular formula is C30H49B2LiO3S. The van der Waals surface area contributed by atoms with Gasteiger partial charge in [-0.1, -0.05) is 126 Å². The molecule has 4 heterocycles. The van der Waals surface area contributed by atoms with E-state index in [1.807, 2.05) is 19.1 Å². The molecular weight excluding hydrogens is 469 g/mol. The van der Waals surface area contributed by atoms with Crippen LogP contribution in [0.1, 0.15) is 108 Å². The maximum absolute atomic E-state index is 12.5. The summed E-state index contributed by atoms with van der Waals surface area (Å²) in [5.41, 5.74) is 2.00. The third-order valence-electron chi connectivity index (χ3n) is 11.9. The molecule has 4 saturated heterocycles. The van der Waals surface area contributed by atoms with Crippen molar-refractivity contribution in [3.63, 3.8) is 0 Å². The van der Waals surface area contributed by atoms with Gasteiger partial charge >= 0.3 is 18.9 Å². The summed E-state index contributed by atoms with van der Waals surface area (Å²) in [6, 6.07) is 6.97. The predicted octanol–water partition coefficient (Wildman–Crippen LogP) is 5.96. The molecule has 0 aliphatic carbocycles. The summed E-state index contributed by atoms with van der Waals surface area (Å²) >= 11 is 0. The van der Waals surface area contributed by atoms with Crippen molar-refractivity contribution in [3.8, 4) is 0 Å². The number of hydrogen-bond acceptors (Lipinski definition) is 3. The molecule has 0 aromatic heterocycles. The van der Waals surface area contributed by atoms with Crippen LogP contribution in [0.15, 0.2) is 29.2 Å². The minimum absolute atomic E-state index is 0. The number of unbranched alkanes of at least 4 members (excludes halogenated alkanes) is 2. The molecule has 1 unspecified atom stereocenters. The molecule has 1 atom stereocenters. The van der Waals surface area contributed by atoms with Gasteiger partial charge in [-0.25, -0.2) is 0 Å². The van der Waals surface area contributed by atoms with E-state index in [-0.39, 0.29) is 29.9 Å². The Labute approximate surface area is 240 Å².